The molecule has 2 fully saturated rings. The third kappa shape index (κ3) is 2.02. The maximum Gasteiger partial charge on any atom is 0.226 e. The van der Waals surface area contributed by atoms with E-state index >= 15 is 0 Å². The summed E-state index contributed by atoms with van der Waals surface area (Å²) in [5.41, 5.74) is 3.11. The van der Waals surface area contributed by atoms with E-state index in [9.17, 15) is 4.79 Å². The maximum absolute atomic E-state index is 13.1. The van der Waals surface area contributed by atoms with Gasteiger partial charge in [0.25, 0.3) is 0 Å². The minimum absolute atomic E-state index is 0.166. The van der Waals surface area contributed by atoms with Crippen molar-refractivity contribution < 1.29 is 4.79 Å². The number of fused-ring (bicyclic) bond motifs is 2. The Morgan fingerprint density at radius 1 is 1.32 bits per heavy atom. The van der Waals surface area contributed by atoms with Gasteiger partial charge in [-0.25, -0.2) is 0 Å². The molecule has 3 aliphatic rings. The van der Waals surface area contributed by atoms with E-state index in [0.717, 1.165) is 19.5 Å². The van der Waals surface area contributed by atoms with E-state index in [1.54, 1.807) is 0 Å². The molecule has 3 heteroatoms. The third-order valence-electron chi connectivity index (χ3n) is 6.31. The van der Waals surface area contributed by atoms with Crippen molar-refractivity contribution in [3.8, 4) is 0 Å². The SMILES string of the molecule is CC1NCCN(C(=O)C2CC23CCCc2ccccc23)C1C. The van der Waals surface area contributed by atoms with Crippen molar-refractivity contribution >= 4 is 5.91 Å². The Morgan fingerprint density at radius 3 is 3.00 bits per heavy atom. The summed E-state index contributed by atoms with van der Waals surface area (Å²) in [6.07, 6.45) is 4.67. The Balaban J connectivity index is 1.58. The van der Waals surface area contributed by atoms with Gasteiger partial charge in [-0.3, -0.25) is 4.79 Å². The van der Waals surface area contributed by atoms with Crippen LogP contribution in [0.3, 0.4) is 0 Å². The topological polar surface area (TPSA) is 32.3 Å². The van der Waals surface area contributed by atoms with E-state index in [0.29, 0.717) is 18.0 Å². The predicted octanol–water partition coefficient (Wildman–Crippen LogP) is 2.49. The van der Waals surface area contributed by atoms with Crippen molar-refractivity contribution in [3.05, 3.63) is 35.4 Å². The smallest absolute Gasteiger partial charge is 0.226 e. The van der Waals surface area contributed by atoms with Crippen LogP contribution in [0, 0.1) is 5.92 Å². The van der Waals surface area contributed by atoms with E-state index in [1.165, 1.54) is 30.4 Å². The number of benzene rings is 1. The average Bonchev–Trinajstić information content (AvgIpc) is 3.25. The first-order chi connectivity index (χ1) is 10.6. The molecule has 4 rings (SSSR count). The number of piperazine rings is 1. The average molecular weight is 298 g/mol. The van der Waals surface area contributed by atoms with Gasteiger partial charge in [0.05, 0.1) is 0 Å². The van der Waals surface area contributed by atoms with Gasteiger partial charge in [-0.1, -0.05) is 24.3 Å². The number of hydrogen-bond acceptors (Lipinski definition) is 2. The van der Waals surface area contributed by atoms with E-state index < -0.39 is 0 Å². The van der Waals surface area contributed by atoms with Gasteiger partial charge >= 0.3 is 0 Å². The fourth-order valence-electron chi connectivity index (χ4n) is 4.72. The normalized spacial score (nSPS) is 37.0. The van der Waals surface area contributed by atoms with Gasteiger partial charge in [0.2, 0.25) is 5.91 Å². The molecule has 1 heterocycles. The Kier molecular flexibility index (Phi) is 3.30. The molecule has 3 nitrogen and oxygen atoms in total. The lowest BCUT2D eigenvalue weighted by Crippen LogP contribution is -2.57. The second kappa shape index (κ2) is 5.09. The number of nitrogens with zero attached hydrogens (tertiary/aromatic N) is 1. The number of carbonyl (C=O) groups excluding carboxylic acids is 1. The van der Waals surface area contributed by atoms with Crippen LogP contribution < -0.4 is 5.32 Å². The first-order valence-corrected chi connectivity index (χ1v) is 8.76. The van der Waals surface area contributed by atoms with Crippen molar-refractivity contribution in [2.45, 2.75) is 57.0 Å². The van der Waals surface area contributed by atoms with Crippen molar-refractivity contribution in [2.24, 2.45) is 5.92 Å². The molecule has 0 radical (unpaired) electrons. The maximum atomic E-state index is 13.1. The number of carbonyl (C=O) groups is 1. The number of nitrogens with one attached hydrogen (secondary N) is 1. The summed E-state index contributed by atoms with van der Waals surface area (Å²) >= 11 is 0. The summed E-state index contributed by atoms with van der Waals surface area (Å²) in [5, 5.41) is 3.47. The first kappa shape index (κ1) is 14.3. The quantitative estimate of drug-likeness (QED) is 0.864. The number of amides is 1. The van der Waals surface area contributed by atoms with Gasteiger partial charge in [0, 0.05) is 36.5 Å². The Morgan fingerprint density at radius 2 is 2.14 bits per heavy atom. The fraction of sp³-hybridized carbons (Fsp3) is 0.632. The zero-order chi connectivity index (χ0) is 15.3. The van der Waals surface area contributed by atoms with Crippen LogP contribution in [0.2, 0.25) is 0 Å². The van der Waals surface area contributed by atoms with Gasteiger partial charge in [0.15, 0.2) is 0 Å². The predicted molar refractivity (Wildman–Crippen MR) is 87.8 cm³/mol. The highest BCUT2D eigenvalue weighted by molar-refractivity contribution is 5.85. The molecule has 118 valence electrons. The van der Waals surface area contributed by atoms with Crippen LogP contribution in [0.4, 0.5) is 0 Å². The summed E-state index contributed by atoms with van der Waals surface area (Å²) in [7, 11) is 0. The largest absolute Gasteiger partial charge is 0.337 e. The minimum Gasteiger partial charge on any atom is -0.337 e. The monoisotopic (exact) mass is 298 g/mol. The Bertz CT molecular complexity index is 599. The molecule has 2 aliphatic carbocycles. The molecule has 0 bridgehead atoms. The van der Waals surface area contributed by atoms with Crippen LogP contribution in [0.15, 0.2) is 24.3 Å². The molecule has 4 atom stereocenters. The number of hydrogen-bond donors (Lipinski definition) is 1. The summed E-state index contributed by atoms with van der Waals surface area (Å²) in [5.74, 6) is 0.624. The second-order valence-corrected chi connectivity index (χ2v) is 7.44. The zero-order valence-electron chi connectivity index (χ0n) is 13.6. The van der Waals surface area contributed by atoms with Crippen molar-refractivity contribution in [2.75, 3.05) is 13.1 Å². The molecule has 1 aliphatic heterocycles. The van der Waals surface area contributed by atoms with Gasteiger partial charge < -0.3 is 10.2 Å². The highest BCUT2D eigenvalue weighted by Crippen LogP contribution is 2.61. The summed E-state index contributed by atoms with van der Waals surface area (Å²) in [6.45, 7) is 6.15. The molecule has 1 spiro atoms. The molecule has 1 saturated carbocycles. The molecule has 1 saturated heterocycles. The van der Waals surface area contributed by atoms with Crippen molar-refractivity contribution in [1.29, 1.82) is 0 Å². The van der Waals surface area contributed by atoms with Crippen LogP contribution in [0.25, 0.3) is 0 Å². The number of aryl methyl sites for hydroxylation is 1. The molecule has 1 aromatic rings. The lowest BCUT2D eigenvalue weighted by atomic mass is 9.78. The molecule has 1 aromatic carbocycles. The highest BCUT2D eigenvalue weighted by atomic mass is 16.2. The standard InChI is InChI=1S/C19H26N2O/c1-13-14(2)21(11-10-20-13)18(22)17-12-19(17)9-5-7-15-6-3-4-8-16(15)19/h3-4,6,8,13-14,17,20H,5,7,9-12H2,1-2H3. The summed E-state index contributed by atoms with van der Waals surface area (Å²) in [4.78, 5) is 15.2. The fourth-order valence-corrected chi connectivity index (χ4v) is 4.72. The lowest BCUT2D eigenvalue weighted by Gasteiger charge is -2.39. The van der Waals surface area contributed by atoms with E-state index in [2.05, 4.69) is 48.3 Å². The zero-order valence-corrected chi connectivity index (χ0v) is 13.6. The number of rotatable bonds is 1. The molecular formula is C19H26N2O. The minimum atomic E-state index is 0.166. The highest BCUT2D eigenvalue weighted by Gasteiger charge is 2.61. The lowest BCUT2D eigenvalue weighted by molar-refractivity contribution is -0.136. The van der Waals surface area contributed by atoms with Crippen molar-refractivity contribution in [1.82, 2.24) is 10.2 Å². The van der Waals surface area contributed by atoms with Crippen LogP contribution >= 0.6 is 0 Å². The van der Waals surface area contributed by atoms with Crippen molar-refractivity contribution in [3.63, 3.8) is 0 Å². The van der Waals surface area contributed by atoms with E-state index in [4.69, 9.17) is 0 Å². The summed E-state index contributed by atoms with van der Waals surface area (Å²) < 4.78 is 0. The van der Waals surface area contributed by atoms with Gasteiger partial charge in [-0.2, -0.15) is 0 Å². The van der Waals surface area contributed by atoms with Crippen LogP contribution in [-0.4, -0.2) is 36.0 Å². The Hall–Kier alpha value is -1.35. The third-order valence-corrected chi connectivity index (χ3v) is 6.31. The summed E-state index contributed by atoms with van der Waals surface area (Å²) in [6, 6.07) is 9.50. The second-order valence-electron chi connectivity index (χ2n) is 7.44. The van der Waals surface area contributed by atoms with Crippen LogP contribution in [0.1, 0.15) is 44.2 Å². The first-order valence-electron chi connectivity index (χ1n) is 8.76. The molecule has 22 heavy (non-hydrogen) atoms. The van der Waals surface area contributed by atoms with Gasteiger partial charge in [0.1, 0.15) is 0 Å². The molecular weight excluding hydrogens is 272 g/mol. The molecule has 4 unspecified atom stereocenters. The van der Waals surface area contributed by atoms with Crippen LogP contribution in [0.5, 0.6) is 0 Å². The van der Waals surface area contributed by atoms with E-state index in [-0.39, 0.29) is 11.3 Å². The van der Waals surface area contributed by atoms with Crippen LogP contribution in [-0.2, 0) is 16.6 Å². The van der Waals surface area contributed by atoms with Gasteiger partial charge in [-0.15, -0.1) is 0 Å². The molecule has 1 amide bonds. The Labute approximate surface area is 133 Å². The molecule has 0 aromatic heterocycles. The van der Waals surface area contributed by atoms with Gasteiger partial charge in [-0.05, 0) is 50.7 Å². The van der Waals surface area contributed by atoms with E-state index in [1.807, 2.05) is 0 Å². The molecule has 1 N–H and O–H groups in total.